The Kier molecular flexibility index (Phi) is 3.66. The number of hydrogen-bond donors (Lipinski definition) is 0. The van der Waals surface area contributed by atoms with E-state index in [0.29, 0.717) is 30.1 Å². The molecule has 110 valence electrons. The monoisotopic (exact) mass is 284 g/mol. The molecule has 0 aliphatic heterocycles. The maximum atomic E-state index is 11.9. The smallest absolute Gasteiger partial charge is 0.333 e. The summed E-state index contributed by atoms with van der Waals surface area (Å²) < 4.78 is 4.87. The third-order valence-corrected chi connectivity index (χ3v) is 4.46. The summed E-state index contributed by atoms with van der Waals surface area (Å²) >= 11 is 0. The minimum Gasteiger partial charge on any atom is -0.466 e. The number of hydrogen-bond acceptors (Lipinski definition) is 3. The van der Waals surface area contributed by atoms with Crippen LogP contribution in [0.15, 0.2) is 23.8 Å². The van der Waals surface area contributed by atoms with Gasteiger partial charge < -0.3 is 4.74 Å². The Balaban J connectivity index is 2.03. The Bertz CT molecular complexity index is 636. The zero-order chi connectivity index (χ0) is 15.0. The van der Waals surface area contributed by atoms with Gasteiger partial charge in [-0.1, -0.05) is 18.2 Å². The normalized spacial score (nSPS) is 18.9. The molecule has 1 aromatic rings. The third-order valence-electron chi connectivity index (χ3n) is 4.46. The van der Waals surface area contributed by atoms with Crippen molar-refractivity contribution in [2.75, 3.05) is 7.11 Å². The van der Waals surface area contributed by atoms with Gasteiger partial charge in [-0.15, -0.1) is 0 Å². The van der Waals surface area contributed by atoms with Crippen LogP contribution >= 0.6 is 0 Å². The average Bonchev–Trinajstić information content (AvgIpc) is 3.30. The number of esters is 1. The molecular formula is C18H20O3. The van der Waals surface area contributed by atoms with Gasteiger partial charge in [-0.05, 0) is 54.4 Å². The lowest BCUT2D eigenvalue weighted by Crippen LogP contribution is -2.14. The highest BCUT2D eigenvalue weighted by Crippen LogP contribution is 2.44. The first-order chi connectivity index (χ1) is 10.1. The summed E-state index contributed by atoms with van der Waals surface area (Å²) in [6.07, 6.45) is 4.27. The SMILES string of the molecule is COC(=O)/C(C)=C(\c1ccc2c(c1)CC(=O)CC2)C1CC1. The summed E-state index contributed by atoms with van der Waals surface area (Å²) in [6.45, 7) is 1.84. The summed E-state index contributed by atoms with van der Waals surface area (Å²) in [5, 5.41) is 0. The van der Waals surface area contributed by atoms with Gasteiger partial charge in [0.1, 0.15) is 5.78 Å². The van der Waals surface area contributed by atoms with Crippen molar-refractivity contribution in [3.05, 3.63) is 40.5 Å². The number of aryl methyl sites for hydroxylation is 1. The number of methoxy groups -OCH3 is 1. The molecule has 0 N–H and O–H groups in total. The van der Waals surface area contributed by atoms with E-state index < -0.39 is 0 Å². The largest absolute Gasteiger partial charge is 0.466 e. The number of Topliss-reactive ketones (excluding diaryl/α,β-unsaturated/α-hetero) is 1. The molecule has 21 heavy (non-hydrogen) atoms. The van der Waals surface area contributed by atoms with Gasteiger partial charge >= 0.3 is 5.97 Å². The zero-order valence-corrected chi connectivity index (χ0v) is 12.6. The second kappa shape index (κ2) is 5.47. The topological polar surface area (TPSA) is 43.4 Å². The van der Waals surface area contributed by atoms with Gasteiger partial charge in [-0.25, -0.2) is 4.79 Å². The van der Waals surface area contributed by atoms with Crippen molar-refractivity contribution < 1.29 is 14.3 Å². The van der Waals surface area contributed by atoms with Crippen LogP contribution in [0.3, 0.4) is 0 Å². The second-order valence-corrected chi connectivity index (χ2v) is 6.00. The first kappa shape index (κ1) is 14.1. The standard InChI is InChI=1S/C18H20O3/c1-11(18(20)21-2)17(13-4-5-13)14-6-3-12-7-8-16(19)10-15(12)9-14/h3,6,9,13H,4-5,7-8,10H2,1-2H3/b17-11-. The lowest BCUT2D eigenvalue weighted by Gasteiger charge is -2.18. The van der Waals surface area contributed by atoms with E-state index >= 15 is 0 Å². The van der Waals surface area contributed by atoms with Crippen molar-refractivity contribution in [3.63, 3.8) is 0 Å². The quantitative estimate of drug-likeness (QED) is 0.633. The van der Waals surface area contributed by atoms with E-state index in [1.807, 2.05) is 6.92 Å². The summed E-state index contributed by atoms with van der Waals surface area (Å²) in [4.78, 5) is 23.5. The molecule has 0 saturated heterocycles. The van der Waals surface area contributed by atoms with Crippen LogP contribution in [0.25, 0.3) is 5.57 Å². The minimum absolute atomic E-state index is 0.259. The van der Waals surface area contributed by atoms with Crippen LogP contribution in [-0.2, 0) is 27.2 Å². The number of carbonyl (C=O) groups is 2. The molecule has 0 radical (unpaired) electrons. The number of ketones is 1. The van der Waals surface area contributed by atoms with Crippen molar-refractivity contribution in [1.29, 1.82) is 0 Å². The first-order valence-electron chi connectivity index (χ1n) is 7.53. The fourth-order valence-electron chi connectivity index (χ4n) is 3.17. The molecule has 0 spiro atoms. The Morgan fingerprint density at radius 3 is 2.62 bits per heavy atom. The highest BCUT2D eigenvalue weighted by atomic mass is 16.5. The minimum atomic E-state index is -0.259. The molecule has 0 aromatic heterocycles. The molecule has 3 rings (SSSR count). The van der Waals surface area contributed by atoms with Crippen LogP contribution in [0, 0.1) is 5.92 Å². The molecule has 2 aliphatic carbocycles. The van der Waals surface area contributed by atoms with Crippen LogP contribution in [0.5, 0.6) is 0 Å². The zero-order valence-electron chi connectivity index (χ0n) is 12.6. The van der Waals surface area contributed by atoms with Crippen molar-refractivity contribution in [2.24, 2.45) is 5.92 Å². The average molecular weight is 284 g/mol. The first-order valence-corrected chi connectivity index (χ1v) is 7.53. The molecule has 0 amide bonds. The Morgan fingerprint density at radius 1 is 1.19 bits per heavy atom. The maximum Gasteiger partial charge on any atom is 0.333 e. The Labute approximate surface area is 125 Å². The highest BCUT2D eigenvalue weighted by molar-refractivity contribution is 5.98. The van der Waals surface area contributed by atoms with Gasteiger partial charge in [-0.3, -0.25) is 4.79 Å². The maximum absolute atomic E-state index is 11.9. The lowest BCUT2D eigenvalue weighted by atomic mass is 9.86. The van der Waals surface area contributed by atoms with Gasteiger partial charge in [0, 0.05) is 18.4 Å². The van der Waals surface area contributed by atoms with E-state index in [2.05, 4.69) is 18.2 Å². The van der Waals surface area contributed by atoms with Gasteiger partial charge in [-0.2, -0.15) is 0 Å². The number of rotatable bonds is 3. The van der Waals surface area contributed by atoms with Crippen LogP contribution in [0.2, 0.25) is 0 Å². The van der Waals surface area contributed by atoms with Crippen LogP contribution in [0.1, 0.15) is 42.9 Å². The van der Waals surface area contributed by atoms with E-state index in [9.17, 15) is 9.59 Å². The summed E-state index contributed by atoms with van der Waals surface area (Å²) in [6, 6.07) is 6.31. The molecule has 0 bridgehead atoms. The van der Waals surface area contributed by atoms with Crippen LogP contribution < -0.4 is 0 Å². The molecule has 3 nitrogen and oxygen atoms in total. The number of fused-ring (bicyclic) bond motifs is 1. The predicted octanol–water partition coefficient (Wildman–Crippen LogP) is 3.10. The van der Waals surface area contributed by atoms with Crippen molar-refractivity contribution in [2.45, 2.75) is 39.0 Å². The third kappa shape index (κ3) is 2.78. The predicted molar refractivity (Wildman–Crippen MR) is 80.8 cm³/mol. The number of ether oxygens (including phenoxy) is 1. The van der Waals surface area contributed by atoms with E-state index in [0.717, 1.165) is 36.0 Å². The van der Waals surface area contributed by atoms with Gasteiger partial charge in [0.2, 0.25) is 0 Å². The van der Waals surface area contributed by atoms with Gasteiger partial charge in [0.05, 0.1) is 7.11 Å². The number of carbonyl (C=O) groups excluding carboxylic acids is 2. The molecule has 1 aromatic carbocycles. The van der Waals surface area contributed by atoms with E-state index in [4.69, 9.17) is 4.74 Å². The lowest BCUT2D eigenvalue weighted by molar-refractivity contribution is -0.136. The van der Waals surface area contributed by atoms with Crippen molar-refractivity contribution in [1.82, 2.24) is 0 Å². The molecule has 0 atom stereocenters. The number of allylic oxidation sites excluding steroid dienone is 1. The van der Waals surface area contributed by atoms with E-state index in [1.165, 1.54) is 12.7 Å². The van der Waals surface area contributed by atoms with E-state index in [-0.39, 0.29) is 5.97 Å². The molecule has 2 aliphatic rings. The van der Waals surface area contributed by atoms with Crippen molar-refractivity contribution >= 4 is 17.3 Å². The van der Waals surface area contributed by atoms with E-state index in [1.54, 1.807) is 0 Å². The summed E-state index contributed by atoms with van der Waals surface area (Å²) in [7, 11) is 1.42. The Hall–Kier alpha value is -1.90. The highest BCUT2D eigenvalue weighted by Gasteiger charge is 2.31. The van der Waals surface area contributed by atoms with Crippen LogP contribution in [-0.4, -0.2) is 18.9 Å². The fraction of sp³-hybridized carbons (Fsp3) is 0.444. The fourth-order valence-corrected chi connectivity index (χ4v) is 3.17. The van der Waals surface area contributed by atoms with Crippen molar-refractivity contribution in [3.8, 4) is 0 Å². The molecular weight excluding hydrogens is 264 g/mol. The Morgan fingerprint density at radius 2 is 1.95 bits per heavy atom. The second-order valence-electron chi connectivity index (χ2n) is 6.00. The molecule has 0 unspecified atom stereocenters. The summed E-state index contributed by atoms with van der Waals surface area (Å²) in [5.74, 6) is 0.508. The number of benzene rings is 1. The molecule has 0 heterocycles. The van der Waals surface area contributed by atoms with Crippen LogP contribution in [0.4, 0.5) is 0 Å². The van der Waals surface area contributed by atoms with Gasteiger partial charge in [0.15, 0.2) is 0 Å². The summed E-state index contributed by atoms with van der Waals surface area (Å²) in [5.41, 5.74) is 5.27. The molecule has 3 heteroatoms. The van der Waals surface area contributed by atoms with Gasteiger partial charge in [0.25, 0.3) is 0 Å². The molecule has 1 fully saturated rings. The molecule has 1 saturated carbocycles.